The van der Waals surface area contributed by atoms with Gasteiger partial charge in [0.15, 0.2) is 0 Å². The molecule has 0 aliphatic carbocycles. The zero-order valence-corrected chi connectivity index (χ0v) is 11.7. The van der Waals surface area contributed by atoms with Gasteiger partial charge in [0, 0.05) is 17.6 Å². The molecule has 0 atom stereocenters. The number of nitrogens with two attached hydrogens (primary N) is 1. The molecule has 0 bridgehead atoms. The quantitative estimate of drug-likeness (QED) is 0.853. The molecule has 1 fully saturated rings. The van der Waals surface area contributed by atoms with Gasteiger partial charge in [-0.1, -0.05) is 18.3 Å². The first-order valence-corrected chi connectivity index (χ1v) is 6.64. The molecule has 2 N–H and O–H groups in total. The van der Waals surface area contributed by atoms with E-state index in [4.69, 9.17) is 18.0 Å². The minimum Gasteiger partial charge on any atom is -0.389 e. The van der Waals surface area contributed by atoms with Crippen molar-refractivity contribution in [2.75, 3.05) is 6.54 Å². The van der Waals surface area contributed by atoms with Crippen LogP contribution in [0.4, 0.5) is 4.39 Å². The van der Waals surface area contributed by atoms with E-state index in [0.29, 0.717) is 5.56 Å². The summed E-state index contributed by atoms with van der Waals surface area (Å²) in [6.45, 7) is 6.41. The third-order valence-electron chi connectivity index (χ3n) is 3.74. The Morgan fingerprint density at radius 3 is 2.78 bits per heavy atom. The normalized spacial score (nSPS) is 19.1. The van der Waals surface area contributed by atoms with Gasteiger partial charge in [-0.15, -0.1) is 0 Å². The zero-order chi connectivity index (χ0) is 13.3. The van der Waals surface area contributed by atoms with Crippen molar-refractivity contribution >= 4 is 17.2 Å². The van der Waals surface area contributed by atoms with Crippen LogP contribution in [0.3, 0.4) is 0 Å². The molecule has 18 heavy (non-hydrogen) atoms. The van der Waals surface area contributed by atoms with Crippen LogP contribution in [-0.2, 0) is 6.54 Å². The van der Waals surface area contributed by atoms with Crippen LogP contribution in [0.5, 0.6) is 0 Å². The first-order valence-electron chi connectivity index (χ1n) is 6.23. The van der Waals surface area contributed by atoms with Crippen molar-refractivity contribution in [1.29, 1.82) is 0 Å². The van der Waals surface area contributed by atoms with Crippen molar-refractivity contribution < 1.29 is 4.39 Å². The number of likely N-dealkylation sites (tertiary alicyclic amines) is 1. The predicted molar refractivity (Wildman–Crippen MR) is 76.0 cm³/mol. The lowest BCUT2D eigenvalue weighted by Crippen LogP contribution is -2.37. The van der Waals surface area contributed by atoms with Gasteiger partial charge in [-0.3, -0.25) is 4.90 Å². The van der Waals surface area contributed by atoms with Gasteiger partial charge < -0.3 is 5.73 Å². The standard InChI is InChI=1S/C14H19FN2S/c1-14(2)6-3-7-17(14)9-10-4-5-12(15)11(8-10)13(16)18/h4-5,8H,3,6-7,9H2,1-2H3,(H2,16,18). The molecule has 1 saturated heterocycles. The number of hydrogen-bond acceptors (Lipinski definition) is 2. The molecule has 98 valence electrons. The first-order chi connectivity index (χ1) is 8.40. The van der Waals surface area contributed by atoms with E-state index in [1.807, 2.05) is 6.07 Å². The van der Waals surface area contributed by atoms with Gasteiger partial charge in [-0.2, -0.15) is 0 Å². The molecule has 2 nitrogen and oxygen atoms in total. The van der Waals surface area contributed by atoms with Crippen molar-refractivity contribution in [1.82, 2.24) is 4.90 Å². The number of thiocarbonyl (C=S) groups is 1. The third-order valence-corrected chi connectivity index (χ3v) is 3.96. The second-order valence-corrected chi connectivity index (χ2v) is 5.96. The Bertz CT molecular complexity index is 471. The topological polar surface area (TPSA) is 29.3 Å². The van der Waals surface area contributed by atoms with E-state index < -0.39 is 0 Å². The summed E-state index contributed by atoms with van der Waals surface area (Å²) < 4.78 is 13.5. The van der Waals surface area contributed by atoms with E-state index in [2.05, 4.69) is 18.7 Å². The highest BCUT2D eigenvalue weighted by atomic mass is 32.1. The van der Waals surface area contributed by atoms with E-state index in [-0.39, 0.29) is 16.3 Å². The summed E-state index contributed by atoms with van der Waals surface area (Å²) in [7, 11) is 0. The SMILES string of the molecule is CC1(C)CCCN1Cc1ccc(F)c(C(N)=S)c1. The Kier molecular flexibility index (Phi) is 3.69. The van der Waals surface area contributed by atoms with Gasteiger partial charge in [0.1, 0.15) is 10.8 Å². The third kappa shape index (κ3) is 2.70. The van der Waals surface area contributed by atoms with Crippen LogP contribution in [0, 0.1) is 5.82 Å². The molecule has 1 aliphatic rings. The maximum Gasteiger partial charge on any atom is 0.133 e. The van der Waals surface area contributed by atoms with Gasteiger partial charge in [0.05, 0.1) is 0 Å². The van der Waals surface area contributed by atoms with Crippen molar-refractivity contribution in [3.05, 3.63) is 35.1 Å². The molecule has 1 aromatic carbocycles. The Balaban J connectivity index is 2.20. The molecule has 0 amide bonds. The van der Waals surface area contributed by atoms with Crippen LogP contribution in [0.2, 0.25) is 0 Å². The fraction of sp³-hybridized carbons (Fsp3) is 0.500. The Morgan fingerprint density at radius 2 is 2.22 bits per heavy atom. The summed E-state index contributed by atoms with van der Waals surface area (Å²) in [5.41, 5.74) is 7.15. The van der Waals surface area contributed by atoms with Crippen molar-refractivity contribution in [3.63, 3.8) is 0 Å². The largest absolute Gasteiger partial charge is 0.389 e. The summed E-state index contributed by atoms with van der Waals surface area (Å²) in [4.78, 5) is 2.54. The van der Waals surface area contributed by atoms with Gasteiger partial charge >= 0.3 is 0 Å². The minimum atomic E-state index is -0.341. The lowest BCUT2D eigenvalue weighted by molar-refractivity contribution is 0.166. The van der Waals surface area contributed by atoms with Gasteiger partial charge in [0.25, 0.3) is 0 Å². The second-order valence-electron chi connectivity index (χ2n) is 5.52. The maximum atomic E-state index is 13.5. The van der Waals surface area contributed by atoms with E-state index in [1.165, 1.54) is 18.9 Å². The minimum absolute atomic E-state index is 0.120. The Hall–Kier alpha value is -1.00. The monoisotopic (exact) mass is 266 g/mol. The van der Waals surface area contributed by atoms with Gasteiger partial charge in [-0.05, 0) is 50.9 Å². The van der Waals surface area contributed by atoms with Crippen molar-refractivity contribution in [3.8, 4) is 0 Å². The van der Waals surface area contributed by atoms with Crippen LogP contribution in [0.25, 0.3) is 0 Å². The molecule has 4 heteroatoms. The molecule has 0 unspecified atom stereocenters. The molecule has 0 spiro atoms. The van der Waals surface area contributed by atoms with Crippen molar-refractivity contribution in [2.45, 2.75) is 38.8 Å². The molecule has 1 aliphatic heterocycles. The Morgan fingerprint density at radius 1 is 1.50 bits per heavy atom. The summed E-state index contributed by atoms with van der Waals surface area (Å²) in [6.07, 6.45) is 2.42. The maximum absolute atomic E-state index is 13.5. The second kappa shape index (κ2) is 4.94. The predicted octanol–water partition coefficient (Wildman–Crippen LogP) is 2.83. The highest BCUT2D eigenvalue weighted by molar-refractivity contribution is 7.80. The highest BCUT2D eigenvalue weighted by Crippen LogP contribution is 2.29. The lowest BCUT2D eigenvalue weighted by Gasteiger charge is -2.31. The number of benzene rings is 1. The van der Waals surface area contributed by atoms with E-state index in [1.54, 1.807) is 6.07 Å². The zero-order valence-electron chi connectivity index (χ0n) is 10.9. The molecule has 0 radical (unpaired) electrons. The number of halogens is 1. The van der Waals surface area contributed by atoms with Crippen LogP contribution >= 0.6 is 12.2 Å². The average Bonchev–Trinajstić information content (AvgIpc) is 2.60. The van der Waals surface area contributed by atoms with Crippen LogP contribution in [-0.4, -0.2) is 22.0 Å². The summed E-state index contributed by atoms with van der Waals surface area (Å²) in [6, 6.07) is 5.03. The number of hydrogen-bond donors (Lipinski definition) is 1. The van der Waals surface area contributed by atoms with Gasteiger partial charge in [-0.25, -0.2) is 4.39 Å². The van der Waals surface area contributed by atoms with E-state index in [9.17, 15) is 4.39 Å². The van der Waals surface area contributed by atoms with Crippen LogP contribution in [0.1, 0.15) is 37.8 Å². The highest BCUT2D eigenvalue weighted by Gasteiger charge is 2.31. The number of rotatable bonds is 3. The molecule has 2 rings (SSSR count). The van der Waals surface area contributed by atoms with E-state index >= 15 is 0 Å². The first kappa shape index (κ1) is 13.4. The van der Waals surface area contributed by atoms with Crippen LogP contribution in [0.15, 0.2) is 18.2 Å². The Labute approximate surface area is 113 Å². The molecule has 1 heterocycles. The summed E-state index contributed by atoms with van der Waals surface area (Å²) in [5.74, 6) is -0.341. The smallest absolute Gasteiger partial charge is 0.133 e. The summed E-state index contributed by atoms with van der Waals surface area (Å²) in [5, 5.41) is 0. The molecular formula is C14H19FN2S. The fourth-order valence-corrected chi connectivity index (χ4v) is 2.69. The summed E-state index contributed by atoms with van der Waals surface area (Å²) >= 11 is 4.86. The lowest BCUT2D eigenvalue weighted by atomic mass is 10.0. The molecule has 0 saturated carbocycles. The average molecular weight is 266 g/mol. The molecular weight excluding hydrogens is 247 g/mol. The fourth-order valence-electron chi connectivity index (χ4n) is 2.54. The van der Waals surface area contributed by atoms with Crippen LogP contribution < -0.4 is 5.73 Å². The molecule has 1 aromatic rings. The van der Waals surface area contributed by atoms with Crippen molar-refractivity contribution in [2.24, 2.45) is 5.73 Å². The van der Waals surface area contributed by atoms with E-state index in [0.717, 1.165) is 18.7 Å². The molecule has 0 aromatic heterocycles. The number of nitrogens with zero attached hydrogens (tertiary/aromatic N) is 1. The van der Waals surface area contributed by atoms with Gasteiger partial charge in [0.2, 0.25) is 0 Å².